The SMILES string of the molecule is CCN1CCOC2(CCN(C(=O)N(C)C)C2)C1. The monoisotopic (exact) mass is 241 g/mol. The van der Waals surface area contributed by atoms with Gasteiger partial charge in [-0.25, -0.2) is 4.79 Å². The number of likely N-dealkylation sites (N-methyl/N-ethyl adjacent to an activating group) is 1. The van der Waals surface area contributed by atoms with Crippen LogP contribution in [-0.4, -0.2) is 79.8 Å². The lowest BCUT2D eigenvalue weighted by Gasteiger charge is -2.40. The molecule has 98 valence electrons. The highest BCUT2D eigenvalue weighted by Crippen LogP contribution is 2.29. The van der Waals surface area contributed by atoms with Crippen molar-refractivity contribution >= 4 is 6.03 Å². The third-order valence-corrected chi connectivity index (χ3v) is 3.74. The van der Waals surface area contributed by atoms with Gasteiger partial charge in [0.05, 0.1) is 13.2 Å². The summed E-state index contributed by atoms with van der Waals surface area (Å²) in [4.78, 5) is 17.9. The van der Waals surface area contributed by atoms with Crippen molar-refractivity contribution in [3.63, 3.8) is 0 Å². The van der Waals surface area contributed by atoms with E-state index in [1.807, 2.05) is 4.90 Å². The van der Waals surface area contributed by atoms with Crippen LogP contribution in [0.3, 0.4) is 0 Å². The molecule has 0 bridgehead atoms. The van der Waals surface area contributed by atoms with Crippen LogP contribution in [0, 0.1) is 0 Å². The van der Waals surface area contributed by atoms with Crippen molar-refractivity contribution in [1.82, 2.24) is 14.7 Å². The highest BCUT2D eigenvalue weighted by molar-refractivity contribution is 5.74. The molecular weight excluding hydrogens is 218 g/mol. The van der Waals surface area contributed by atoms with Gasteiger partial charge in [0.2, 0.25) is 0 Å². The van der Waals surface area contributed by atoms with E-state index in [1.54, 1.807) is 19.0 Å². The van der Waals surface area contributed by atoms with E-state index in [2.05, 4.69) is 11.8 Å². The standard InChI is InChI=1S/C12H23N3O2/c1-4-14-7-8-17-12(9-14)5-6-15(10-12)11(16)13(2)3/h4-10H2,1-3H3. The number of carbonyl (C=O) groups excluding carboxylic acids is 1. The molecular formula is C12H23N3O2. The molecule has 1 spiro atoms. The zero-order valence-corrected chi connectivity index (χ0v) is 11.1. The third kappa shape index (κ3) is 2.55. The molecule has 0 N–H and O–H groups in total. The molecule has 17 heavy (non-hydrogen) atoms. The van der Waals surface area contributed by atoms with Gasteiger partial charge < -0.3 is 14.5 Å². The van der Waals surface area contributed by atoms with Crippen molar-refractivity contribution in [1.29, 1.82) is 0 Å². The van der Waals surface area contributed by atoms with Gasteiger partial charge in [-0.3, -0.25) is 4.90 Å². The maximum absolute atomic E-state index is 11.9. The van der Waals surface area contributed by atoms with E-state index in [9.17, 15) is 4.79 Å². The second kappa shape index (κ2) is 4.82. The van der Waals surface area contributed by atoms with Gasteiger partial charge in [-0.05, 0) is 13.0 Å². The fraction of sp³-hybridized carbons (Fsp3) is 0.917. The minimum atomic E-state index is -0.111. The number of hydrogen-bond donors (Lipinski definition) is 0. The van der Waals surface area contributed by atoms with Crippen LogP contribution in [0.15, 0.2) is 0 Å². The molecule has 1 atom stereocenters. The van der Waals surface area contributed by atoms with Crippen molar-refractivity contribution in [2.45, 2.75) is 18.9 Å². The van der Waals surface area contributed by atoms with E-state index >= 15 is 0 Å². The van der Waals surface area contributed by atoms with E-state index in [-0.39, 0.29) is 11.6 Å². The second-order valence-corrected chi connectivity index (χ2v) is 5.25. The molecule has 2 fully saturated rings. The van der Waals surface area contributed by atoms with E-state index in [1.165, 1.54) is 0 Å². The fourth-order valence-corrected chi connectivity index (χ4v) is 2.73. The Bertz CT molecular complexity index is 295. The largest absolute Gasteiger partial charge is 0.370 e. The zero-order chi connectivity index (χ0) is 12.5. The number of nitrogens with zero attached hydrogens (tertiary/aromatic N) is 3. The molecule has 2 amide bonds. The van der Waals surface area contributed by atoms with Gasteiger partial charge in [0, 0.05) is 33.7 Å². The van der Waals surface area contributed by atoms with Gasteiger partial charge in [0.15, 0.2) is 0 Å². The number of rotatable bonds is 1. The molecule has 2 aliphatic heterocycles. The number of amides is 2. The van der Waals surface area contributed by atoms with Crippen molar-refractivity contribution in [3.8, 4) is 0 Å². The molecule has 2 saturated heterocycles. The van der Waals surface area contributed by atoms with Gasteiger partial charge in [0.1, 0.15) is 5.60 Å². The van der Waals surface area contributed by atoms with Crippen LogP contribution in [0.4, 0.5) is 4.79 Å². The normalized spacial score (nSPS) is 29.9. The van der Waals surface area contributed by atoms with Gasteiger partial charge >= 0.3 is 6.03 Å². The highest BCUT2D eigenvalue weighted by atomic mass is 16.5. The first kappa shape index (κ1) is 12.6. The molecule has 0 aromatic carbocycles. The maximum Gasteiger partial charge on any atom is 0.319 e. The number of hydrogen-bond acceptors (Lipinski definition) is 3. The van der Waals surface area contributed by atoms with Crippen LogP contribution < -0.4 is 0 Å². The average Bonchev–Trinajstić information content (AvgIpc) is 2.71. The number of urea groups is 1. The Balaban J connectivity index is 1.98. The number of carbonyl (C=O) groups is 1. The van der Waals surface area contributed by atoms with Crippen LogP contribution in [-0.2, 0) is 4.74 Å². The topological polar surface area (TPSA) is 36.0 Å². The van der Waals surface area contributed by atoms with E-state index in [0.717, 1.165) is 45.8 Å². The first-order valence-electron chi connectivity index (χ1n) is 6.39. The van der Waals surface area contributed by atoms with Crippen LogP contribution >= 0.6 is 0 Å². The number of ether oxygens (including phenoxy) is 1. The van der Waals surface area contributed by atoms with Gasteiger partial charge in [-0.15, -0.1) is 0 Å². The quantitative estimate of drug-likeness (QED) is 0.669. The van der Waals surface area contributed by atoms with E-state index in [0.29, 0.717) is 0 Å². The molecule has 0 aliphatic carbocycles. The van der Waals surface area contributed by atoms with Gasteiger partial charge in [-0.2, -0.15) is 0 Å². The lowest BCUT2D eigenvalue weighted by Crippen LogP contribution is -2.53. The smallest absolute Gasteiger partial charge is 0.319 e. The Morgan fingerprint density at radius 3 is 2.76 bits per heavy atom. The fourth-order valence-electron chi connectivity index (χ4n) is 2.73. The summed E-state index contributed by atoms with van der Waals surface area (Å²) < 4.78 is 5.96. The highest BCUT2D eigenvalue weighted by Gasteiger charge is 2.44. The van der Waals surface area contributed by atoms with Crippen molar-refractivity contribution in [3.05, 3.63) is 0 Å². The summed E-state index contributed by atoms with van der Waals surface area (Å²) in [6.07, 6.45) is 0.961. The molecule has 5 nitrogen and oxygen atoms in total. The molecule has 0 aromatic rings. The van der Waals surface area contributed by atoms with Crippen LogP contribution in [0.5, 0.6) is 0 Å². The summed E-state index contributed by atoms with van der Waals surface area (Å²) in [6, 6.07) is 0.0964. The predicted octanol–water partition coefficient (Wildman–Crippen LogP) is 0.465. The molecule has 2 rings (SSSR count). The van der Waals surface area contributed by atoms with E-state index < -0.39 is 0 Å². The zero-order valence-electron chi connectivity index (χ0n) is 11.1. The third-order valence-electron chi connectivity index (χ3n) is 3.74. The molecule has 0 aromatic heterocycles. The summed E-state index contributed by atoms with van der Waals surface area (Å²) in [5.41, 5.74) is -0.111. The lowest BCUT2D eigenvalue weighted by molar-refractivity contribution is -0.0986. The number of likely N-dealkylation sites (tertiary alicyclic amines) is 1. The maximum atomic E-state index is 11.9. The summed E-state index contributed by atoms with van der Waals surface area (Å²) in [6.45, 7) is 7.55. The second-order valence-electron chi connectivity index (χ2n) is 5.25. The molecule has 5 heteroatoms. The van der Waals surface area contributed by atoms with Crippen molar-refractivity contribution in [2.75, 3.05) is 53.4 Å². The molecule has 0 radical (unpaired) electrons. The first-order chi connectivity index (χ1) is 8.06. The average molecular weight is 241 g/mol. The Labute approximate surface area is 103 Å². The van der Waals surface area contributed by atoms with Crippen molar-refractivity contribution < 1.29 is 9.53 Å². The Morgan fingerprint density at radius 2 is 2.12 bits per heavy atom. The van der Waals surface area contributed by atoms with Crippen molar-refractivity contribution in [2.24, 2.45) is 0 Å². The lowest BCUT2D eigenvalue weighted by atomic mass is 10.0. The Morgan fingerprint density at radius 1 is 1.35 bits per heavy atom. The summed E-state index contributed by atoms with van der Waals surface area (Å²) >= 11 is 0. The van der Waals surface area contributed by atoms with Crippen LogP contribution in [0.25, 0.3) is 0 Å². The van der Waals surface area contributed by atoms with Gasteiger partial charge in [-0.1, -0.05) is 6.92 Å². The molecule has 1 unspecified atom stereocenters. The summed E-state index contributed by atoms with van der Waals surface area (Å²) in [7, 11) is 3.60. The van der Waals surface area contributed by atoms with E-state index in [4.69, 9.17) is 4.74 Å². The molecule has 2 heterocycles. The van der Waals surface area contributed by atoms with Gasteiger partial charge in [0.25, 0.3) is 0 Å². The molecule has 0 saturated carbocycles. The molecule has 2 aliphatic rings. The Hall–Kier alpha value is -0.810. The minimum absolute atomic E-state index is 0.0964. The number of morpholine rings is 1. The summed E-state index contributed by atoms with van der Waals surface area (Å²) in [5, 5.41) is 0. The Kier molecular flexibility index (Phi) is 3.58. The summed E-state index contributed by atoms with van der Waals surface area (Å²) in [5.74, 6) is 0. The van der Waals surface area contributed by atoms with Crippen LogP contribution in [0.1, 0.15) is 13.3 Å². The first-order valence-corrected chi connectivity index (χ1v) is 6.39. The van der Waals surface area contributed by atoms with Crippen LogP contribution in [0.2, 0.25) is 0 Å². The predicted molar refractivity (Wildman–Crippen MR) is 66.1 cm³/mol. The minimum Gasteiger partial charge on any atom is -0.370 e.